The number of hydrogen-bond acceptors (Lipinski definition) is 3. The molecule has 2 aliphatic heterocycles. The van der Waals surface area contributed by atoms with Crippen molar-refractivity contribution in [1.29, 1.82) is 0 Å². The zero-order valence-electron chi connectivity index (χ0n) is 21.2. The number of ether oxygens (including phenoxy) is 1. The number of carbonyl (C=O) groups excluding carboxylic acids is 1. The van der Waals surface area contributed by atoms with Gasteiger partial charge in [-0.3, -0.25) is 4.90 Å². The number of carbonyl (C=O) groups is 1. The van der Waals surface area contributed by atoms with Gasteiger partial charge in [0.25, 0.3) is 0 Å². The summed E-state index contributed by atoms with van der Waals surface area (Å²) in [4.78, 5) is 16.6. The van der Waals surface area contributed by atoms with Gasteiger partial charge in [0.2, 0.25) is 0 Å². The highest BCUT2D eigenvalue weighted by Gasteiger charge is 2.29. The van der Waals surface area contributed by atoms with Gasteiger partial charge in [-0.15, -0.1) is 0 Å². The molecule has 0 radical (unpaired) electrons. The Balaban J connectivity index is 1.31. The molecule has 2 heterocycles. The van der Waals surface area contributed by atoms with E-state index in [0.29, 0.717) is 12.6 Å². The molecule has 186 valence electrons. The minimum Gasteiger partial charge on any atom is -0.450 e. The molecule has 0 spiro atoms. The predicted molar refractivity (Wildman–Crippen MR) is 147 cm³/mol. The van der Waals surface area contributed by atoms with Gasteiger partial charge in [-0.05, 0) is 60.4 Å². The fraction of sp³-hybridized carbons (Fsp3) is 0.344. The SMILES string of the molecule is CCOC(=O)N1CCC(N2CCC(=C(c3ccccc3)c3ccc(-c4ccccc4)cc3)CC2)CC1. The van der Waals surface area contributed by atoms with E-state index in [4.69, 9.17) is 4.74 Å². The van der Waals surface area contributed by atoms with Gasteiger partial charge < -0.3 is 9.64 Å². The van der Waals surface area contributed by atoms with E-state index < -0.39 is 0 Å². The molecule has 1 amide bonds. The van der Waals surface area contributed by atoms with Crippen molar-refractivity contribution in [3.63, 3.8) is 0 Å². The van der Waals surface area contributed by atoms with Crippen LogP contribution in [0.1, 0.15) is 43.7 Å². The van der Waals surface area contributed by atoms with Gasteiger partial charge in [0, 0.05) is 32.2 Å². The summed E-state index contributed by atoms with van der Waals surface area (Å²) in [6.07, 6.45) is 4.07. The summed E-state index contributed by atoms with van der Waals surface area (Å²) in [6, 6.07) is 31.1. The second-order valence-electron chi connectivity index (χ2n) is 9.74. The topological polar surface area (TPSA) is 32.8 Å². The van der Waals surface area contributed by atoms with Crippen molar-refractivity contribution >= 4 is 11.7 Å². The summed E-state index contributed by atoms with van der Waals surface area (Å²) < 4.78 is 5.19. The molecule has 2 saturated heterocycles. The Morgan fingerprint density at radius 3 is 1.92 bits per heavy atom. The van der Waals surface area contributed by atoms with E-state index in [-0.39, 0.29) is 6.09 Å². The normalized spacial score (nSPS) is 17.1. The number of rotatable bonds is 5. The maximum Gasteiger partial charge on any atom is 0.409 e. The molecule has 0 aliphatic carbocycles. The smallest absolute Gasteiger partial charge is 0.409 e. The van der Waals surface area contributed by atoms with E-state index >= 15 is 0 Å². The molecule has 0 aromatic heterocycles. The molecule has 2 fully saturated rings. The average molecular weight is 481 g/mol. The van der Waals surface area contributed by atoms with Gasteiger partial charge in [-0.1, -0.05) is 90.5 Å². The standard InChI is InChI=1S/C32H36N2O2/c1-2-36-32(35)34-23-19-30(20-24-34)33-21-17-29(18-22-33)31(27-11-7-4-8-12-27)28-15-13-26(14-16-28)25-9-5-3-6-10-25/h3-16,30H,2,17-24H2,1H3. The highest BCUT2D eigenvalue weighted by Crippen LogP contribution is 2.34. The van der Waals surface area contributed by atoms with Gasteiger partial charge in [-0.2, -0.15) is 0 Å². The van der Waals surface area contributed by atoms with Crippen LogP contribution < -0.4 is 0 Å². The monoisotopic (exact) mass is 480 g/mol. The Morgan fingerprint density at radius 2 is 1.31 bits per heavy atom. The highest BCUT2D eigenvalue weighted by atomic mass is 16.6. The number of amides is 1. The summed E-state index contributed by atoms with van der Waals surface area (Å²) in [5.74, 6) is 0. The van der Waals surface area contributed by atoms with Crippen molar-refractivity contribution in [2.45, 2.75) is 38.6 Å². The fourth-order valence-corrected chi connectivity index (χ4v) is 5.68. The largest absolute Gasteiger partial charge is 0.450 e. The number of nitrogens with zero attached hydrogens (tertiary/aromatic N) is 2. The van der Waals surface area contributed by atoms with Crippen LogP contribution in [0.15, 0.2) is 90.5 Å². The lowest BCUT2D eigenvalue weighted by Gasteiger charge is -2.40. The van der Waals surface area contributed by atoms with Crippen LogP contribution in [-0.2, 0) is 4.74 Å². The minimum absolute atomic E-state index is 0.161. The van der Waals surface area contributed by atoms with Crippen LogP contribution in [0.25, 0.3) is 16.7 Å². The molecule has 0 saturated carbocycles. The first-order valence-corrected chi connectivity index (χ1v) is 13.3. The predicted octanol–water partition coefficient (Wildman–Crippen LogP) is 6.87. The van der Waals surface area contributed by atoms with E-state index in [9.17, 15) is 4.79 Å². The summed E-state index contributed by atoms with van der Waals surface area (Å²) in [5.41, 5.74) is 8.05. The second kappa shape index (κ2) is 11.6. The molecule has 2 aliphatic rings. The van der Waals surface area contributed by atoms with E-state index in [0.717, 1.165) is 51.9 Å². The van der Waals surface area contributed by atoms with Gasteiger partial charge in [0.1, 0.15) is 0 Å². The van der Waals surface area contributed by atoms with Crippen LogP contribution in [0.4, 0.5) is 4.79 Å². The summed E-state index contributed by atoms with van der Waals surface area (Å²) in [6.45, 7) is 6.07. The average Bonchev–Trinajstić information content (AvgIpc) is 2.95. The van der Waals surface area contributed by atoms with Crippen LogP contribution in [0, 0.1) is 0 Å². The lowest BCUT2D eigenvalue weighted by atomic mass is 9.87. The van der Waals surface area contributed by atoms with Crippen LogP contribution in [0.3, 0.4) is 0 Å². The quantitative estimate of drug-likeness (QED) is 0.399. The fourth-order valence-electron chi connectivity index (χ4n) is 5.68. The molecule has 3 aromatic rings. The summed E-state index contributed by atoms with van der Waals surface area (Å²) in [5, 5.41) is 0. The first-order chi connectivity index (χ1) is 17.7. The molecular weight excluding hydrogens is 444 g/mol. The van der Waals surface area contributed by atoms with Gasteiger partial charge in [0.05, 0.1) is 6.61 Å². The van der Waals surface area contributed by atoms with Crippen molar-refractivity contribution in [2.75, 3.05) is 32.8 Å². The molecule has 3 aromatic carbocycles. The maximum atomic E-state index is 12.1. The second-order valence-corrected chi connectivity index (χ2v) is 9.74. The van der Waals surface area contributed by atoms with Gasteiger partial charge >= 0.3 is 6.09 Å². The lowest BCUT2D eigenvalue weighted by Crippen LogP contribution is -2.48. The first-order valence-electron chi connectivity index (χ1n) is 13.3. The Labute approximate surface area is 215 Å². The minimum atomic E-state index is -0.161. The summed E-state index contributed by atoms with van der Waals surface area (Å²) >= 11 is 0. The number of benzene rings is 3. The van der Waals surface area contributed by atoms with E-state index in [1.807, 2.05) is 11.8 Å². The van der Waals surface area contributed by atoms with Gasteiger partial charge in [0.15, 0.2) is 0 Å². The summed E-state index contributed by atoms with van der Waals surface area (Å²) in [7, 11) is 0. The Bertz CT molecular complexity index is 1150. The highest BCUT2D eigenvalue weighted by molar-refractivity contribution is 5.83. The Hall–Kier alpha value is -3.37. The molecule has 0 N–H and O–H groups in total. The number of piperidine rings is 2. The van der Waals surface area contributed by atoms with Gasteiger partial charge in [-0.25, -0.2) is 4.79 Å². The van der Waals surface area contributed by atoms with Crippen LogP contribution in [0.2, 0.25) is 0 Å². The third-order valence-electron chi connectivity index (χ3n) is 7.61. The van der Waals surface area contributed by atoms with Crippen molar-refractivity contribution in [1.82, 2.24) is 9.80 Å². The van der Waals surface area contributed by atoms with Crippen molar-refractivity contribution < 1.29 is 9.53 Å². The zero-order chi connectivity index (χ0) is 24.7. The molecular formula is C32H36N2O2. The molecule has 36 heavy (non-hydrogen) atoms. The molecule has 0 atom stereocenters. The molecule has 0 unspecified atom stereocenters. The Morgan fingerprint density at radius 1 is 0.750 bits per heavy atom. The van der Waals surface area contributed by atoms with Crippen LogP contribution >= 0.6 is 0 Å². The molecule has 4 heteroatoms. The lowest BCUT2D eigenvalue weighted by molar-refractivity contribution is 0.0724. The van der Waals surface area contributed by atoms with Crippen LogP contribution in [-0.4, -0.2) is 54.7 Å². The third-order valence-corrected chi connectivity index (χ3v) is 7.61. The maximum absolute atomic E-state index is 12.1. The molecule has 5 rings (SSSR count). The molecule has 4 nitrogen and oxygen atoms in total. The first kappa shape index (κ1) is 24.3. The third kappa shape index (κ3) is 5.55. The van der Waals surface area contributed by atoms with Crippen molar-refractivity contribution in [2.24, 2.45) is 0 Å². The number of likely N-dealkylation sites (tertiary alicyclic amines) is 2. The Kier molecular flexibility index (Phi) is 7.82. The van der Waals surface area contributed by atoms with Crippen LogP contribution in [0.5, 0.6) is 0 Å². The molecule has 0 bridgehead atoms. The van der Waals surface area contributed by atoms with E-state index in [1.165, 1.54) is 27.8 Å². The zero-order valence-corrected chi connectivity index (χ0v) is 21.2. The number of hydrogen-bond donors (Lipinski definition) is 0. The van der Waals surface area contributed by atoms with E-state index in [2.05, 4.69) is 89.8 Å². The van der Waals surface area contributed by atoms with E-state index in [1.54, 1.807) is 5.57 Å². The van der Waals surface area contributed by atoms with Crippen molar-refractivity contribution in [3.05, 3.63) is 102 Å². The van der Waals surface area contributed by atoms with Crippen molar-refractivity contribution in [3.8, 4) is 11.1 Å².